The average molecular weight is 376 g/mol. The van der Waals surface area contributed by atoms with Gasteiger partial charge in [-0.15, -0.1) is 0 Å². The van der Waals surface area contributed by atoms with Gasteiger partial charge in [-0.05, 0) is 38.3 Å². The zero-order valence-electron chi connectivity index (χ0n) is 14.5. The predicted octanol–water partition coefficient (Wildman–Crippen LogP) is 3.34. The van der Waals surface area contributed by atoms with Gasteiger partial charge in [-0.2, -0.15) is 0 Å². The molecular formula is C18H20N2O5S. The molecule has 26 heavy (non-hydrogen) atoms. The van der Waals surface area contributed by atoms with Gasteiger partial charge in [0.05, 0.1) is 4.92 Å². The molecule has 0 radical (unpaired) electrons. The summed E-state index contributed by atoms with van der Waals surface area (Å²) in [6.07, 6.45) is 0.603. The monoisotopic (exact) mass is 376 g/mol. The Morgan fingerprint density at radius 2 is 1.88 bits per heavy atom. The summed E-state index contributed by atoms with van der Waals surface area (Å²) >= 11 is 0.717. The van der Waals surface area contributed by atoms with E-state index in [4.69, 9.17) is 4.74 Å². The van der Waals surface area contributed by atoms with Crippen molar-refractivity contribution in [3.05, 3.63) is 63.0 Å². The molecule has 1 amide bonds. The van der Waals surface area contributed by atoms with Gasteiger partial charge < -0.3 is 10.1 Å². The summed E-state index contributed by atoms with van der Waals surface area (Å²) in [5, 5.41) is 13.3. The van der Waals surface area contributed by atoms with Gasteiger partial charge in [0.15, 0.2) is 6.10 Å². The lowest BCUT2D eigenvalue weighted by molar-refractivity contribution is -0.380. The number of hydrogen-bond donors (Lipinski definition) is 1. The largest absolute Gasteiger partial charge is 0.448 e. The van der Waals surface area contributed by atoms with Crippen molar-refractivity contribution in [2.24, 2.45) is 0 Å². The fraction of sp³-hybridized carbons (Fsp3) is 0.333. The van der Waals surface area contributed by atoms with Crippen molar-refractivity contribution in [1.29, 1.82) is 0 Å². The van der Waals surface area contributed by atoms with E-state index in [1.807, 2.05) is 37.3 Å². The summed E-state index contributed by atoms with van der Waals surface area (Å²) in [4.78, 5) is 34.3. The fourth-order valence-corrected chi connectivity index (χ4v) is 2.97. The van der Waals surface area contributed by atoms with Gasteiger partial charge in [-0.3, -0.25) is 14.9 Å². The molecule has 0 aliphatic rings. The molecule has 0 saturated carbocycles. The molecule has 0 fully saturated rings. The van der Waals surface area contributed by atoms with Crippen molar-refractivity contribution in [1.82, 2.24) is 5.32 Å². The topological polar surface area (TPSA) is 98.5 Å². The first-order valence-corrected chi connectivity index (χ1v) is 8.98. The van der Waals surface area contributed by atoms with Crippen LogP contribution in [0.4, 0.5) is 5.00 Å². The van der Waals surface area contributed by atoms with Crippen LogP contribution in [0.25, 0.3) is 0 Å². The Bertz CT molecular complexity index is 775. The second kappa shape index (κ2) is 9.10. The number of thiophene rings is 1. The molecular weight excluding hydrogens is 356 g/mol. The Morgan fingerprint density at radius 3 is 2.50 bits per heavy atom. The first kappa shape index (κ1) is 19.6. The van der Waals surface area contributed by atoms with E-state index in [0.717, 1.165) is 24.2 Å². The normalized spacial score (nSPS) is 12.8. The molecule has 0 unspecified atom stereocenters. The van der Waals surface area contributed by atoms with Gasteiger partial charge in [0.2, 0.25) is 0 Å². The molecule has 2 atom stereocenters. The maximum Gasteiger partial charge on any atom is 0.349 e. The predicted molar refractivity (Wildman–Crippen MR) is 98.2 cm³/mol. The lowest BCUT2D eigenvalue weighted by atomic mass is 10.1. The molecule has 1 aromatic carbocycles. The quantitative estimate of drug-likeness (QED) is 0.433. The van der Waals surface area contributed by atoms with E-state index in [1.54, 1.807) is 0 Å². The van der Waals surface area contributed by atoms with E-state index >= 15 is 0 Å². The molecule has 1 N–H and O–H groups in total. The number of nitro groups is 1. The van der Waals surface area contributed by atoms with Gasteiger partial charge in [0.1, 0.15) is 4.88 Å². The Morgan fingerprint density at radius 1 is 1.19 bits per heavy atom. The molecule has 0 saturated heterocycles. The number of hydrogen-bond acceptors (Lipinski definition) is 6. The van der Waals surface area contributed by atoms with Gasteiger partial charge in [0.25, 0.3) is 5.91 Å². The van der Waals surface area contributed by atoms with E-state index in [1.165, 1.54) is 24.6 Å². The lowest BCUT2D eigenvalue weighted by Gasteiger charge is -2.17. The van der Waals surface area contributed by atoms with Gasteiger partial charge >= 0.3 is 11.0 Å². The highest BCUT2D eigenvalue weighted by Gasteiger charge is 2.23. The zero-order valence-corrected chi connectivity index (χ0v) is 15.3. The molecule has 2 aromatic rings. The summed E-state index contributed by atoms with van der Waals surface area (Å²) in [6, 6.07) is 12.4. The van der Waals surface area contributed by atoms with E-state index < -0.39 is 22.9 Å². The summed E-state index contributed by atoms with van der Waals surface area (Å²) in [5.74, 6) is -1.15. The Hall–Kier alpha value is -2.74. The van der Waals surface area contributed by atoms with Crippen LogP contribution in [0.2, 0.25) is 0 Å². The molecule has 2 rings (SSSR count). The minimum Gasteiger partial charge on any atom is -0.448 e. The van der Waals surface area contributed by atoms with Crippen molar-refractivity contribution < 1.29 is 19.2 Å². The van der Waals surface area contributed by atoms with Gasteiger partial charge in [-0.25, -0.2) is 4.79 Å². The lowest BCUT2D eigenvalue weighted by Crippen LogP contribution is -2.40. The van der Waals surface area contributed by atoms with Crippen LogP contribution in [0.1, 0.15) is 35.5 Å². The molecule has 1 aromatic heterocycles. The summed E-state index contributed by atoms with van der Waals surface area (Å²) in [6.45, 7) is 3.36. The maximum absolute atomic E-state index is 12.2. The van der Waals surface area contributed by atoms with Crippen LogP contribution >= 0.6 is 11.3 Å². The van der Waals surface area contributed by atoms with Gasteiger partial charge in [-0.1, -0.05) is 41.7 Å². The Labute approximate surface area is 155 Å². The summed E-state index contributed by atoms with van der Waals surface area (Å²) < 4.78 is 5.09. The number of rotatable bonds is 8. The molecule has 1 heterocycles. The Kier molecular flexibility index (Phi) is 6.85. The molecule has 7 nitrogen and oxygen atoms in total. The molecule has 0 bridgehead atoms. The number of nitrogens with one attached hydrogen (secondary N) is 1. The van der Waals surface area contributed by atoms with Crippen LogP contribution in [0.15, 0.2) is 42.5 Å². The second-order valence-corrected chi connectivity index (χ2v) is 6.94. The van der Waals surface area contributed by atoms with Crippen molar-refractivity contribution >= 4 is 28.2 Å². The van der Waals surface area contributed by atoms with Crippen LogP contribution in [0.3, 0.4) is 0 Å². The first-order chi connectivity index (χ1) is 12.4. The molecule has 138 valence electrons. The second-order valence-electron chi connectivity index (χ2n) is 5.88. The number of aryl methyl sites for hydroxylation is 1. The fourth-order valence-electron chi connectivity index (χ4n) is 2.27. The average Bonchev–Trinajstić information content (AvgIpc) is 3.11. The third-order valence-corrected chi connectivity index (χ3v) is 4.74. The smallest absolute Gasteiger partial charge is 0.349 e. The molecule has 0 spiro atoms. The van der Waals surface area contributed by atoms with Crippen LogP contribution < -0.4 is 5.32 Å². The van der Waals surface area contributed by atoms with Crippen molar-refractivity contribution in [3.63, 3.8) is 0 Å². The Balaban J connectivity index is 1.80. The molecule has 0 aliphatic carbocycles. The van der Waals surface area contributed by atoms with Gasteiger partial charge in [0, 0.05) is 12.1 Å². The summed E-state index contributed by atoms with van der Waals surface area (Å²) in [7, 11) is 0. The highest BCUT2D eigenvalue weighted by atomic mass is 32.1. The number of amides is 1. The highest BCUT2D eigenvalue weighted by Crippen LogP contribution is 2.24. The van der Waals surface area contributed by atoms with Crippen molar-refractivity contribution in [2.75, 3.05) is 0 Å². The zero-order chi connectivity index (χ0) is 19.1. The van der Waals surface area contributed by atoms with Crippen molar-refractivity contribution in [2.45, 2.75) is 38.8 Å². The summed E-state index contributed by atoms with van der Waals surface area (Å²) in [5.41, 5.74) is 1.19. The van der Waals surface area contributed by atoms with E-state index in [-0.39, 0.29) is 15.9 Å². The third-order valence-electron chi connectivity index (χ3n) is 3.72. The van der Waals surface area contributed by atoms with Crippen molar-refractivity contribution in [3.8, 4) is 0 Å². The minimum absolute atomic E-state index is 0.0771. The highest BCUT2D eigenvalue weighted by molar-refractivity contribution is 7.17. The number of nitrogens with zero attached hydrogens (tertiary/aromatic N) is 1. The van der Waals surface area contributed by atoms with Crippen LogP contribution in [0, 0.1) is 10.1 Å². The standard InChI is InChI=1S/C18H20N2O5S/c1-12(8-9-14-6-4-3-5-7-14)19-17(21)13(2)25-18(22)15-10-11-16(26-15)20(23)24/h3-7,10-13H,8-9H2,1-2H3,(H,19,21)/t12-,13-/m1/s1. The van der Waals surface area contributed by atoms with Crippen LogP contribution in [-0.2, 0) is 16.0 Å². The minimum atomic E-state index is -0.983. The maximum atomic E-state index is 12.2. The van der Waals surface area contributed by atoms with Crippen LogP contribution in [-0.4, -0.2) is 28.9 Å². The number of carbonyl (C=O) groups is 2. The first-order valence-electron chi connectivity index (χ1n) is 8.16. The van der Waals surface area contributed by atoms with E-state index in [2.05, 4.69) is 5.32 Å². The molecule has 0 aliphatic heterocycles. The third kappa shape index (κ3) is 5.66. The number of ether oxygens (including phenoxy) is 1. The number of benzene rings is 1. The van der Waals surface area contributed by atoms with E-state index in [0.29, 0.717) is 0 Å². The number of esters is 1. The van der Waals surface area contributed by atoms with E-state index in [9.17, 15) is 19.7 Å². The van der Waals surface area contributed by atoms with Crippen LogP contribution in [0.5, 0.6) is 0 Å². The SMILES string of the molecule is C[C@H](CCc1ccccc1)NC(=O)[C@@H](C)OC(=O)c1ccc([N+](=O)[O-])s1. The number of carbonyl (C=O) groups excluding carboxylic acids is 2. The molecule has 8 heteroatoms.